The molecule has 1 heterocycles. The number of carbonyl (C=O) groups excluding carboxylic acids is 1. The summed E-state index contributed by atoms with van der Waals surface area (Å²) in [6.07, 6.45) is 0.361. The molecule has 0 saturated heterocycles. The normalized spacial score (nSPS) is 11.6. The zero-order valence-electron chi connectivity index (χ0n) is 14.9. The number of nitrogens with zero attached hydrogens (tertiary/aromatic N) is 2. The van der Waals surface area contributed by atoms with Crippen LogP contribution in [0.15, 0.2) is 53.9 Å². The average Bonchev–Trinajstić information content (AvgIpc) is 3.17. The molecule has 0 saturated carbocycles. The molecule has 8 nitrogen and oxygen atoms in total. The summed E-state index contributed by atoms with van der Waals surface area (Å²) in [4.78, 5) is 26.9. The predicted octanol–water partition coefficient (Wildman–Crippen LogP) is 3.62. The number of nitrogens with one attached hydrogen (secondary N) is 1. The van der Waals surface area contributed by atoms with E-state index in [0.717, 1.165) is 11.1 Å². The molecule has 144 valence electrons. The highest BCUT2D eigenvalue weighted by atomic mass is 32.1. The second-order valence-electron chi connectivity index (χ2n) is 5.93. The summed E-state index contributed by atoms with van der Waals surface area (Å²) in [5.74, 6) is -0.279. The van der Waals surface area contributed by atoms with Gasteiger partial charge in [-0.1, -0.05) is 12.1 Å². The van der Waals surface area contributed by atoms with Crippen molar-refractivity contribution in [1.29, 1.82) is 0 Å². The molecule has 2 aromatic carbocycles. The number of aromatic nitrogens is 1. The highest BCUT2D eigenvalue weighted by Gasteiger charge is 2.21. The molecular formula is C19H17N3O5S. The van der Waals surface area contributed by atoms with E-state index in [4.69, 9.17) is 4.74 Å². The van der Waals surface area contributed by atoms with Crippen molar-refractivity contribution in [2.24, 2.45) is 0 Å². The number of ether oxygens (including phenoxy) is 1. The maximum absolute atomic E-state index is 12.1. The fourth-order valence-corrected chi connectivity index (χ4v) is 3.35. The zero-order valence-corrected chi connectivity index (χ0v) is 15.7. The molecule has 2 N–H and O–H groups in total. The number of hydrogen-bond donors (Lipinski definition) is 2. The third-order valence-electron chi connectivity index (χ3n) is 4.04. The van der Waals surface area contributed by atoms with E-state index in [9.17, 15) is 20.0 Å². The van der Waals surface area contributed by atoms with Crippen LogP contribution in [-0.2, 0) is 16.0 Å². The Hall–Kier alpha value is -3.46. The molecule has 0 aliphatic heterocycles. The number of phenolic OH excluding ortho intramolecular Hbond substituents is 1. The maximum Gasteiger partial charge on any atom is 0.328 e. The molecule has 0 bridgehead atoms. The molecule has 1 atom stereocenters. The van der Waals surface area contributed by atoms with Crippen LogP contribution >= 0.6 is 11.3 Å². The minimum atomic E-state index is -0.648. The monoisotopic (exact) mass is 399 g/mol. The van der Waals surface area contributed by atoms with Crippen molar-refractivity contribution < 1.29 is 19.6 Å². The molecular weight excluding hydrogens is 382 g/mol. The van der Waals surface area contributed by atoms with Gasteiger partial charge in [-0.2, -0.15) is 0 Å². The maximum atomic E-state index is 12.1. The number of benzene rings is 2. The second kappa shape index (κ2) is 8.49. The number of hydrogen-bond acceptors (Lipinski definition) is 8. The van der Waals surface area contributed by atoms with E-state index in [0.29, 0.717) is 17.2 Å². The Kier molecular flexibility index (Phi) is 5.85. The number of methoxy groups -OCH3 is 1. The third kappa shape index (κ3) is 4.63. The molecule has 9 heteroatoms. The molecule has 28 heavy (non-hydrogen) atoms. The summed E-state index contributed by atoms with van der Waals surface area (Å²) in [6.45, 7) is 0. The average molecular weight is 399 g/mol. The van der Waals surface area contributed by atoms with E-state index >= 15 is 0 Å². The van der Waals surface area contributed by atoms with Gasteiger partial charge in [0.15, 0.2) is 5.13 Å². The van der Waals surface area contributed by atoms with E-state index in [2.05, 4.69) is 10.3 Å². The lowest BCUT2D eigenvalue weighted by Gasteiger charge is -2.16. The number of anilines is 1. The van der Waals surface area contributed by atoms with Crippen molar-refractivity contribution >= 4 is 28.1 Å². The molecule has 3 rings (SSSR count). The van der Waals surface area contributed by atoms with Crippen molar-refractivity contribution in [1.82, 2.24) is 4.98 Å². The van der Waals surface area contributed by atoms with Crippen LogP contribution in [0.3, 0.4) is 0 Å². The molecule has 0 radical (unpaired) electrons. The number of phenols is 1. The minimum absolute atomic E-state index is 0.0111. The molecule has 1 aromatic heterocycles. The number of carbonyl (C=O) groups is 1. The topological polar surface area (TPSA) is 115 Å². The Morgan fingerprint density at radius 3 is 2.54 bits per heavy atom. The third-order valence-corrected chi connectivity index (χ3v) is 4.81. The largest absolute Gasteiger partial charge is 0.508 e. The van der Waals surface area contributed by atoms with Crippen LogP contribution in [0.1, 0.15) is 5.56 Å². The smallest absolute Gasteiger partial charge is 0.328 e. The number of esters is 1. The number of rotatable bonds is 7. The van der Waals surface area contributed by atoms with Gasteiger partial charge in [0, 0.05) is 29.5 Å². The summed E-state index contributed by atoms with van der Waals surface area (Å²) in [5, 5.41) is 25.6. The van der Waals surface area contributed by atoms with Gasteiger partial charge in [0.05, 0.1) is 17.7 Å². The number of nitro benzene ring substituents is 1. The first kappa shape index (κ1) is 19.3. The lowest BCUT2D eigenvalue weighted by Crippen LogP contribution is -2.32. The van der Waals surface area contributed by atoms with Gasteiger partial charge < -0.3 is 15.2 Å². The fraction of sp³-hybridized carbons (Fsp3) is 0.158. The van der Waals surface area contributed by atoms with E-state index in [1.54, 1.807) is 41.8 Å². The first-order chi connectivity index (χ1) is 13.5. The molecule has 3 aromatic rings. The molecule has 0 fully saturated rings. The summed E-state index contributed by atoms with van der Waals surface area (Å²) in [7, 11) is 1.32. The van der Waals surface area contributed by atoms with E-state index in [-0.39, 0.29) is 11.4 Å². The van der Waals surface area contributed by atoms with Gasteiger partial charge in [-0.15, -0.1) is 11.3 Å². The molecule has 0 unspecified atom stereocenters. The van der Waals surface area contributed by atoms with Crippen LogP contribution in [0, 0.1) is 10.1 Å². The Morgan fingerprint density at radius 2 is 1.93 bits per heavy atom. The van der Waals surface area contributed by atoms with Gasteiger partial charge >= 0.3 is 5.97 Å². The summed E-state index contributed by atoms with van der Waals surface area (Å²) in [5.41, 5.74) is 2.25. The van der Waals surface area contributed by atoms with Crippen molar-refractivity contribution in [3.05, 3.63) is 69.6 Å². The Labute approximate surface area is 164 Å². The lowest BCUT2D eigenvalue weighted by atomic mass is 10.1. The van der Waals surface area contributed by atoms with Crippen molar-refractivity contribution in [2.45, 2.75) is 12.5 Å². The predicted molar refractivity (Wildman–Crippen MR) is 105 cm³/mol. The summed E-state index contributed by atoms with van der Waals surface area (Å²) in [6, 6.07) is 12.0. The highest BCUT2D eigenvalue weighted by molar-refractivity contribution is 7.14. The van der Waals surface area contributed by atoms with Gasteiger partial charge in [-0.05, 0) is 29.8 Å². The second-order valence-corrected chi connectivity index (χ2v) is 6.79. The molecule has 0 aliphatic carbocycles. The van der Waals surface area contributed by atoms with Gasteiger partial charge in [0.2, 0.25) is 0 Å². The van der Waals surface area contributed by atoms with Gasteiger partial charge in [-0.3, -0.25) is 10.1 Å². The first-order valence-corrected chi connectivity index (χ1v) is 9.17. The van der Waals surface area contributed by atoms with Gasteiger partial charge in [0.25, 0.3) is 5.69 Å². The van der Waals surface area contributed by atoms with Gasteiger partial charge in [0.1, 0.15) is 11.8 Å². The quantitative estimate of drug-likeness (QED) is 0.354. The van der Waals surface area contributed by atoms with Crippen LogP contribution in [0.5, 0.6) is 5.75 Å². The number of nitro groups is 1. The molecule has 0 spiro atoms. The van der Waals surface area contributed by atoms with Crippen LogP contribution in [0.4, 0.5) is 10.8 Å². The van der Waals surface area contributed by atoms with Crippen molar-refractivity contribution in [2.75, 3.05) is 12.4 Å². The lowest BCUT2D eigenvalue weighted by molar-refractivity contribution is -0.384. The standard InChI is InChI=1S/C19H17N3O5S/c1-27-18(24)16(10-12-2-8-15(23)9-3-12)20-19-21-17(11-28-19)13-4-6-14(7-5-13)22(25)26/h2-9,11,16,23H,10H2,1H3,(H,20,21)/t16-/m0/s1. The molecule has 0 aliphatic rings. The van der Waals surface area contributed by atoms with Crippen LogP contribution in [0.25, 0.3) is 11.3 Å². The number of aromatic hydroxyl groups is 1. The van der Waals surface area contributed by atoms with Crippen LogP contribution in [0.2, 0.25) is 0 Å². The first-order valence-electron chi connectivity index (χ1n) is 8.29. The van der Waals surface area contributed by atoms with E-state index < -0.39 is 16.9 Å². The molecule has 0 amide bonds. The van der Waals surface area contributed by atoms with Crippen LogP contribution < -0.4 is 5.32 Å². The SMILES string of the molecule is COC(=O)[C@H](Cc1ccc(O)cc1)Nc1nc(-c2ccc([N+](=O)[O-])cc2)cs1. The summed E-state index contributed by atoms with van der Waals surface area (Å²) < 4.78 is 4.87. The highest BCUT2D eigenvalue weighted by Crippen LogP contribution is 2.27. The number of non-ortho nitro benzene ring substituents is 1. The summed E-state index contributed by atoms with van der Waals surface area (Å²) >= 11 is 1.32. The Balaban J connectivity index is 1.75. The van der Waals surface area contributed by atoms with Crippen molar-refractivity contribution in [3.8, 4) is 17.0 Å². The fourth-order valence-electron chi connectivity index (χ4n) is 2.58. The van der Waals surface area contributed by atoms with E-state index in [1.165, 1.54) is 30.6 Å². The minimum Gasteiger partial charge on any atom is -0.508 e. The van der Waals surface area contributed by atoms with Gasteiger partial charge in [-0.25, -0.2) is 9.78 Å². The Morgan fingerprint density at radius 1 is 1.25 bits per heavy atom. The van der Waals surface area contributed by atoms with E-state index in [1.807, 2.05) is 0 Å². The van der Waals surface area contributed by atoms with Crippen LogP contribution in [-0.4, -0.2) is 34.1 Å². The Bertz CT molecular complexity index is 970. The zero-order chi connectivity index (χ0) is 20.1. The number of thiazole rings is 1. The van der Waals surface area contributed by atoms with Crippen molar-refractivity contribution in [3.63, 3.8) is 0 Å².